The van der Waals surface area contributed by atoms with E-state index >= 15 is 0 Å². The maximum atomic E-state index is 13.9. The number of anilines is 1. The first-order valence-electron chi connectivity index (χ1n) is 6.68. The minimum absolute atomic E-state index is 0.135. The second-order valence-electron chi connectivity index (χ2n) is 5.91. The fourth-order valence-corrected chi connectivity index (χ4v) is 2.26. The van der Waals surface area contributed by atoms with Gasteiger partial charge in [-0.05, 0) is 13.0 Å². The van der Waals surface area contributed by atoms with E-state index in [9.17, 15) is 13.2 Å². The maximum Gasteiger partial charge on any atom is 0.161 e. The van der Waals surface area contributed by atoms with Crippen molar-refractivity contribution in [2.75, 3.05) is 5.73 Å². The van der Waals surface area contributed by atoms with E-state index in [0.29, 0.717) is 18.4 Å². The molecule has 114 valence electrons. The lowest BCUT2D eigenvalue weighted by atomic mass is 9.95. The van der Waals surface area contributed by atoms with Gasteiger partial charge in [0.25, 0.3) is 0 Å². The van der Waals surface area contributed by atoms with Crippen molar-refractivity contribution >= 4 is 5.82 Å². The highest BCUT2D eigenvalue weighted by molar-refractivity contribution is 5.72. The van der Waals surface area contributed by atoms with E-state index in [1.165, 1.54) is 0 Å². The van der Waals surface area contributed by atoms with Gasteiger partial charge in [-0.2, -0.15) is 0 Å². The molecule has 0 saturated heterocycles. The van der Waals surface area contributed by atoms with E-state index in [2.05, 4.69) is 4.98 Å². The first-order chi connectivity index (χ1) is 9.66. The third-order valence-corrected chi connectivity index (χ3v) is 3.26. The zero-order chi connectivity index (χ0) is 15.9. The van der Waals surface area contributed by atoms with Gasteiger partial charge in [0.1, 0.15) is 23.2 Å². The van der Waals surface area contributed by atoms with Crippen molar-refractivity contribution in [2.24, 2.45) is 0 Å². The first kappa shape index (κ1) is 15.4. The number of nitrogens with two attached hydrogens (primary N) is 1. The van der Waals surface area contributed by atoms with E-state index in [-0.39, 0.29) is 22.5 Å². The number of halogens is 3. The number of hydrogen-bond acceptors (Lipinski definition) is 2. The molecule has 1 aromatic carbocycles. The standard InChI is InChI=1S/C15H18F3N3/c1-5-21-13(19)12(20-14(21)15(2,3)4)8-6-10(17)11(18)7-9(8)16/h6-7H,5,19H2,1-4H3. The van der Waals surface area contributed by atoms with Gasteiger partial charge < -0.3 is 10.3 Å². The molecule has 0 spiro atoms. The van der Waals surface area contributed by atoms with Gasteiger partial charge in [0.15, 0.2) is 11.6 Å². The molecule has 2 N–H and O–H groups in total. The average Bonchev–Trinajstić information content (AvgIpc) is 2.70. The minimum Gasteiger partial charge on any atom is -0.383 e. The molecule has 3 nitrogen and oxygen atoms in total. The molecule has 0 aliphatic carbocycles. The maximum absolute atomic E-state index is 13.9. The van der Waals surface area contributed by atoms with Crippen LogP contribution in [0.15, 0.2) is 12.1 Å². The molecule has 0 fully saturated rings. The molecule has 21 heavy (non-hydrogen) atoms. The molecule has 0 radical (unpaired) electrons. The van der Waals surface area contributed by atoms with Gasteiger partial charge in [-0.1, -0.05) is 20.8 Å². The average molecular weight is 297 g/mol. The Kier molecular flexibility index (Phi) is 3.74. The predicted octanol–water partition coefficient (Wildman–Crippen LogP) is 3.87. The van der Waals surface area contributed by atoms with Gasteiger partial charge in [-0.25, -0.2) is 18.2 Å². The second-order valence-corrected chi connectivity index (χ2v) is 5.91. The van der Waals surface area contributed by atoms with Gasteiger partial charge in [0.2, 0.25) is 0 Å². The lowest BCUT2D eigenvalue weighted by molar-refractivity contribution is 0.496. The number of hydrogen-bond donors (Lipinski definition) is 1. The molecule has 0 aliphatic rings. The Hall–Kier alpha value is -1.98. The lowest BCUT2D eigenvalue weighted by Crippen LogP contribution is -2.19. The Morgan fingerprint density at radius 3 is 2.14 bits per heavy atom. The number of imidazole rings is 1. The Morgan fingerprint density at radius 1 is 1.10 bits per heavy atom. The molecule has 0 unspecified atom stereocenters. The minimum atomic E-state index is -1.24. The Bertz CT molecular complexity index is 684. The van der Waals surface area contributed by atoms with Crippen LogP contribution in [0.4, 0.5) is 19.0 Å². The summed E-state index contributed by atoms with van der Waals surface area (Å²) in [4.78, 5) is 4.36. The Morgan fingerprint density at radius 2 is 1.67 bits per heavy atom. The van der Waals surface area contributed by atoms with Crippen molar-refractivity contribution in [3.05, 3.63) is 35.4 Å². The summed E-state index contributed by atoms with van der Waals surface area (Å²) in [5.74, 6) is -2.34. The third kappa shape index (κ3) is 2.62. The highest BCUT2D eigenvalue weighted by atomic mass is 19.2. The molecule has 2 aromatic rings. The van der Waals surface area contributed by atoms with Gasteiger partial charge in [0.05, 0.1) is 0 Å². The van der Waals surface area contributed by atoms with Crippen LogP contribution in [0, 0.1) is 17.5 Å². The summed E-state index contributed by atoms with van der Waals surface area (Å²) in [5.41, 5.74) is 5.71. The van der Waals surface area contributed by atoms with Crippen LogP contribution in [-0.2, 0) is 12.0 Å². The molecular weight excluding hydrogens is 279 g/mol. The van der Waals surface area contributed by atoms with E-state index in [0.717, 1.165) is 6.07 Å². The highest BCUT2D eigenvalue weighted by Gasteiger charge is 2.26. The summed E-state index contributed by atoms with van der Waals surface area (Å²) in [6.45, 7) is 8.29. The van der Waals surface area contributed by atoms with Crippen molar-refractivity contribution in [2.45, 2.75) is 39.7 Å². The zero-order valence-electron chi connectivity index (χ0n) is 12.5. The van der Waals surface area contributed by atoms with Crippen LogP contribution < -0.4 is 5.73 Å². The summed E-state index contributed by atoms with van der Waals surface area (Å²) < 4.78 is 42.1. The van der Waals surface area contributed by atoms with Crippen molar-refractivity contribution in [3.8, 4) is 11.3 Å². The molecule has 0 amide bonds. The van der Waals surface area contributed by atoms with Crippen molar-refractivity contribution in [1.29, 1.82) is 0 Å². The summed E-state index contributed by atoms with van der Waals surface area (Å²) in [6.07, 6.45) is 0. The topological polar surface area (TPSA) is 43.8 Å². The largest absolute Gasteiger partial charge is 0.383 e. The number of benzene rings is 1. The van der Waals surface area contributed by atoms with Crippen LogP contribution in [0.2, 0.25) is 0 Å². The Labute approximate surface area is 121 Å². The fourth-order valence-electron chi connectivity index (χ4n) is 2.26. The highest BCUT2D eigenvalue weighted by Crippen LogP contribution is 2.33. The van der Waals surface area contributed by atoms with Crippen molar-refractivity contribution in [1.82, 2.24) is 9.55 Å². The van der Waals surface area contributed by atoms with E-state index < -0.39 is 17.5 Å². The zero-order valence-corrected chi connectivity index (χ0v) is 12.5. The summed E-state index contributed by atoms with van der Waals surface area (Å²) in [5, 5.41) is 0. The van der Waals surface area contributed by atoms with Crippen LogP contribution in [0.25, 0.3) is 11.3 Å². The lowest BCUT2D eigenvalue weighted by Gasteiger charge is -2.19. The van der Waals surface area contributed by atoms with Crippen LogP contribution in [0.3, 0.4) is 0 Å². The Balaban J connectivity index is 2.71. The first-order valence-corrected chi connectivity index (χ1v) is 6.68. The fraction of sp³-hybridized carbons (Fsp3) is 0.400. The number of nitrogens with zero attached hydrogens (tertiary/aromatic N) is 2. The van der Waals surface area contributed by atoms with Crippen LogP contribution in [-0.4, -0.2) is 9.55 Å². The van der Waals surface area contributed by atoms with Crippen LogP contribution in [0.5, 0.6) is 0 Å². The van der Waals surface area contributed by atoms with Crippen LogP contribution in [0.1, 0.15) is 33.5 Å². The van der Waals surface area contributed by atoms with Gasteiger partial charge in [-0.3, -0.25) is 0 Å². The van der Waals surface area contributed by atoms with E-state index in [1.54, 1.807) is 4.57 Å². The van der Waals surface area contributed by atoms with E-state index in [4.69, 9.17) is 5.73 Å². The second kappa shape index (κ2) is 5.09. The number of nitrogen functional groups attached to an aromatic ring is 1. The molecule has 0 saturated carbocycles. The molecule has 1 aromatic heterocycles. The monoisotopic (exact) mass is 297 g/mol. The quantitative estimate of drug-likeness (QED) is 0.855. The molecule has 0 bridgehead atoms. The van der Waals surface area contributed by atoms with Crippen molar-refractivity contribution in [3.63, 3.8) is 0 Å². The van der Waals surface area contributed by atoms with E-state index in [1.807, 2.05) is 27.7 Å². The van der Waals surface area contributed by atoms with Gasteiger partial charge in [-0.15, -0.1) is 0 Å². The smallest absolute Gasteiger partial charge is 0.161 e. The normalized spacial score (nSPS) is 12.0. The molecule has 0 aliphatic heterocycles. The summed E-state index contributed by atoms with van der Waals surface area (Å²) in [6, 6.07) is 1.29. The number of aromatic nitrogens is 2. The summed E-state index contributed by atoms with van der Waals surface area (Å²) >= 11 is 0. The molecular formula is C15H18F3N3. The molecule has 6 heteroatoms. The predicted molar refractivity (Wildman–Crippen MR) is 76.3 cm³/mol. The van der Waals surface area contributed by atoms with Gasteiger partial charge >= 0.3 is 0 Å². The number of rotatable bonds is 2. The van der Waals surface area contributed by atoms with Crippen LogP contribution >= 0.6 is 0 Å². The molecule has 0 atom stereocenters. The van der Waals surface area contributed by atoms with Crippen molar-refractivity contribution < 1.29 is 13.2 Å². The van der Waals surface area contributed by atoms with Gasteiger partial charge in [0, 0.05) is 23.6 Å². The third-order valence-electron chi connectivity index (χ3n) is 3.26. The SMILES string of the molecule is CCn1c(C(C)(C)C)nc(-c2cc(F)c(F)cc2F)c1N. The molecule has 1 heterocycles. The molecule has 2 rings (SSSR count). The summed E-state index contributed by atoms with van der Waals surface area (Å²) in [7, 11) is 0.